The number of carbonyl (C=O) groups is 5. The van der Waals surface area contributed by atoms with E-state index >= 15 is 0 Å². The first-order valence-electron chi connectivity index (χ1n) is 22.9. The number of pyridine rings is 1. The van der Waals surface area contributed by atoms with Crippen molar-refractivity contribution in [3.8, 4) is 17.2 Å². The lowest BCUT2D eigenvalue weighted by Crippen LogP contribution is -2.48. The molecular formula is C51H62N8O7. The average Bonchev–Trinajstić information content (AvgIpc) is 3.93. The molecule has 3 N–H and O–H groups in total. The fourth-order valence-corrected chi connectivity index (χ4v) is 10.6. The Kier molecular flexibility index (Phi) is 14.5. The van der Waals surface area contributed by atoms with Gasteiger partial charge in [-0.05, 0) is 77.3 Å². The first kappa shape index (κ1) is 47.7. The first-order valence-corrected chi connectivity index (χ1v) is 22.9. The number of hydrogen-bond acceptors (Lipinski definition) is 11. The molecule has 1 saturated heterocycles. The number of fused-ring (bicyclic) bond motifs is 6. The fourth-order valence-electron chi connectivity index (χ4n) is 10.6. The summed E-state index contributed by atoms with van der Waals surface area (Å²) in [6.45, 7) is 12.7. The molecule has 0 saturated carbocycles. The van der Waals surface area contributed by atoms with Crippen LogP contribution in [0.3, 0.4) is 0 Å². The summed E-state index contributed by atoms with van der Waals surface area (Å²) in [6, 6.07) is 18.4. The Hall–Kier alpha value is -6.24. The largest absolute Gasteiger partial charge is 0.464 e. The summed E-state index contributed by atoms with van der Waals surface area (Å²) in [6.07, 6.45) is 3.89. The van der Waals surface area contributed by atoms with Crippen LogP contribution >= 0.6 is 0 Å². The van der Waals surface area contributed by atoms with Gasteiger partial charge in [-0.1, -0.05) is 70.7 Å². The number of nitrogens with zero attached hydrogens (tertiary/aromatic N) is 6. The van der Waals surface area contributed by atoms with Gasteiger partial charge in [-0.3, -0.25) is 29.0 Å². The Balaban J connectivity index is 1.29. The molecular weight excluding hydrogens is 837 g/mol. The number of nitriles is 1. The van der Waals surface area contributed by atoms with Crippen LogP contribution in [0.1, 0.15) is 93.8 Å². The van der Waals surface area contributed by atoms with Crippen LogP contribution in [0.5, 0.6) is 0 Å². The summed E-state index contributed by atoms with van der Waals surface area (Å²) >= 11 is 0. The number of aliphatic imine (C=N–C) groups is 1. The minimum absolute atomic E-state index is 0.00806. The normalized spacial score (nSPS) is 25.0. The molecule has 2 aromatic carbocycles. The molecule has 15 heteroatoms. The van der Waals surface area contributed by atoms with Gasteiger partial charge < -0.3 is 35.2 Å². The standard InChI is InChI=1S/C51H62N8O7/c1-8-40(60)58-24-19-34(28-58)49(63)57(6)44(30(2)3)48(62)56-38-26-31-13-9-14-32(25-31)33-17-18-39-36(27-33)41-42(51(4,5)29-66-50(64)37(53)16-11-22-55-47(38)61)46(65-7)43-35(15-10-21-54-43)45(41)59(39)23-12-20-52/h8-10,13-15,17-18,21,25,27,30,34,37,41-42,44-46H,1,11-12,16,19,22-24,26,28-29,53H2,2-7H3,(H,55,61)/t34-,37-,41?,42?,44-,45?,46-/m0/s1. The van der Waals surface area contributed by atoms with Crippen molar-refractivity contribution in [3.05, 3.63) is 95.8 Å². The molecule has 66 heavy (non-hydrogen) atoms. The lowest BCUT2D eigenvalue weighted by atomic mass is 9.61. The predicted molar refractivity (Wildman–Crippen MR) is 250 cm³/mol. The van der Waals surface area contributed by atoms with Crippen LogP contribution in [-0.4, -0.2) is 109 Å². The zero-order chi connectivity index (χ0) is 47.4. The van der Waals surface area contributed by atoms with E-state index in [1.165, 1.54) is 11.0 Å². The SMILES string of the molecule is C=CC(=O)N1CC[C@H](C(=O)N(C)[C@H](C(=O)N=C2Cc3cccc(c3)-c3ccc4c(c3)C3C(c5cccnc5[C@@H](OC)C3C(C)(C)COC(=O)[C@@H](N)CCCNC2=O)N4CCC#N)C(C)C)C1. The van der Waals surface area contributed by atoms with E-state index in [0.29, 0.717) is 32.4 Å². The van der Waals surface area contributed by atoms with E-state index in [-0.39, 0.29) is 73.9 Å². The van der Waals surface area contributed by atoms with Gasteiger partial charge in [0.05, 0.1) is 36.8 Å². The van der Waals surface area contributed by atoms with Crippen molar-refractivity contribution in [2.45, 2.75) is 89.9 Å². The lowest BCUT2D eigenvalue weighted by molar-refractivity contribution is -0.152. The summed E-state index contributed by atoms with van der Waals surface area (Å²) in [5, 5.41) is 12.7. The van der Waals surface area contributed by atoms with E-state index in [2.05, 4.69) is 66.0 Å². The monoisotopic (exact) mass is 898 g/mol. The van der Waals surface area contributed by atoms with Gasteiger partial charge in [-0.2, -0.15) is 5.26 Å². The molecule has 3 aliphatic heterocycles. The van der Waals surface area contributed by atoms with Crippen LogP contribution in [0, 0.1) is 34.5 Å². The van der Waals surface area contributed by atoms with Crippen molar-refractivity contribution >= 4 is 41.0 Å². The molecule has 4 amide bonds. The summed E-state index contributed by atoms with van der Waals surface area (Å²) in [5.41, 5.74) is 12.2. The van der Waals surface area contributed by atoms with Crippen LogP contribution < -0.4 is 16.0 Å². The second-order valence-electron chi connectivity index (χ2n) is 19.0. The number of hydrogen-bond donors (Lipinski definition) is 2. The van der Waals surface area contributed by atoms with Crippen molar-refractivity contribution in [3.63, 3.8) is 0 Å². The molecule has 1 aromatic heterocycles. The molecule has 7 atom stereocenters. The summed E-state index contributed by atoms with van der Waals surface area (Å²) in [4.78, 5) is 82.6. The van der Waals surface area contributed by atoms with Crippen molar-refractivity contribution in [2.24, 2.45) is 33.9 Å². The van der Waals surface area contributed by atoms with Crippen molar-refractivity contribution in [2.75, 3.05) is 51.8 Å². The number of anilines is 1. The second kappa shape index (κ2) is 20.1. The summed E-state index contributed by atoms with van der Waals surface area (Å²) < 4.78 is 12.4. The average molecular weight is 899 g/mol. The molecule has 1 fully saturated rings. The third-order valence-electron chi connectivity index (χ3n) is 13.8. The molecule has 4 heterocycles. The number of amides is 4. The Morgan fingerprint density at radius 2 is 1.89 bits per heavy atom. The van der Waals surface area contributed by atoms with E-state index in [1.54, 1.807) is 25.3 Å². The zero-order valence-electron chi connectivity index (χ0n) is 38.9. The second-order valence-corrected chi connectivity index (χ2v) is 19.0. The smallest absolute Gasteiger partial charge is 0.322 e. The Labute approximate surface area is 387 Å². The number of carbonyl (C=O) groups excluding carboxylic acids is 5. The van der Waals surface area contributed by atoms with Gasteiger partial charge in [-0.25, -0.2) is 4.99 Å². The number of methoxy groups -OCH3 is 1. The predicted octanol–water partition coefficient (Wildman–Crippen LogP) is 5.46. The number of aromatic nitrogens is 1. The highest BCUT2D eigenvalue weighted by atomic mass is 16.5. The summed E-state index contributed by atoms with van der Waals surface area (Å²) in [5.74, 6) is -3.52. The van der Waals surface area contributed by atoms with Crippen molar-refractivity contribution in [1.29, 1.82) is 5.26 Å². The molecule has 3 aromatic rings. The van der Waals surface area contributed by atoms with Gasteiger partial charge >= 0.3 is 5.97 Å². The molecule has 348 valence electrons. The number of nitrogens with two attached hydrogens (primary N) is 1. The van der Waals surface area contributed by atoms with Crippen molar-refractivity contribution in [1.82, 2.24) is 20.1 Å². The van der Waals surface area contributed by atoms with Crippen LogP contribution in [0.15, 0.2) is 78.4 Å². The van der Waals surface area contributed by atoms with E-state index in [4.69, 9.17) is 20.2 Å². The third kappa shape index (κ3) is 9.53. The molecule has 7 rings (SSSR count). The molecule has 15 nitrogen and oxygen atoms in total. The Morgan fingerprint density at radius 1 is 1.12 bits per heavy atom. The fraction of sp³-hybridized carbons (Fsp3) is 0.490. The number of esters is 1. The van der Waals surface area contributed by atoms with E-state index in [1.807, 2.05) is 44.2 Å². The first-order chi connectivity index (χ1) is 31.6. The van der Waals surface area contributed by atoms with Crippen LogP contribution in [0.25, 0.3) is 11.1 Å². The highest BCUT2D eigenvalue weighted by molar-refractivity contribution is 6.41. The topological polar surface area (TPSA) is 201 Å². The highest BCUT2D eigenvalue weighted by Crippen LogP contribution is 2.63. The van der Waals surface area contributed by atoms with Gasteiger partial charge in [0, 0.05) is 75.9 Å². The molecule has 0 spiro atoms. The minimum atomic E-state index is -0.977. The number of nitrogens with one attached hydrogen (secondary N) is 1. The highest BCUT2D eigenvalue weighted by Gasteiger charge is 2.56. The van der Waals surface area contributed by atoms with Gasteiger partial charge in [0.15, 0.2) is 0 Å². The Morgan fingerprint density at radius 3 is 2.62 bits per heavy atom. The molecule has 3 unspecified atom stereocenters. The van der Waals surface area contributed by atoms with Gasteiger partial charge in [-0.15, -0.1) is 0 Å². The number of rotatable bonds is 8. The number of likely N-dealkylation sites (N-methyl/N-ethyl adjacent to an activating group) is 1. The van der Waals surface area contributed by atoms with Gasteiger partial charge in [0.25, 0.3) is 11.8 Å². The molecule has 0 radical (unpaired) electrons. The number of ether oxygens (including phenoxy) is 2. The maximum atomic E-state index is 14.3. The van der Waals surface area contributed by atoms with Crippen molar-refractivity contribution < 1.29 is 33.4 Å². The number of likely N-dealkylation sites (tertiary alicyclic amines) is 1. The van der Waals surface area contributed by atoms with Crippen LogP contribution in [-0.2, 0) is 39.9 Å². The van der Waals surface area contributed by atoms with Gasteiger partial charge in [0.2, 0.25) is 11.8 Å². The maximum Gasteiger partial charge on any atom is 0.322 e. The van der Waals surface area contributed by atoms with E-state index in [9.17, 15) is 29.2 Å². The lowest BCUT2D eigenvalue weighted by Gasteiger charge is -2.49. The van der Waals surface area contributed by atoms with E-state index in [0.717, 1.165) is 39.2 Å². The maximum absolute atomic E-state index is 14.3. The van der Waals surface area contributed by atoms with Crippen LogP contribution in [0.4, 0.5) is 5.69 Å². The quantitative estimate of drug-likeness (QED) is 0.215. The van der Waals surface area contributed by atoms with E-state index < -0.39 is 47.3 Å². The molecule has 4 aliphatic rings. The van der Waals surface area contributed by atoms with Gasteiger partial charge in [0.1, 0.15) is 23.9 Å². The van der Waals surface area contributed by atoms with Crippen LogP contribution in [0.2, 0.25) is 0 Å². The number of benzene rings is 2. The Bertz CT molecular complexity index is 2440. The molecule has 4 bridgehead atoms. The summed E-state index contributed by atoms with van der Waals surface area (Å²) in [7, 11) is 3.26. The third-order valence-corrected chi connectivity index (χ3v) is 13.8. The minimum Gasteiger partial charge on any atom is -0.464 e. The molecule has 1 aliphatic carbocycles. The number of cyclic esters (lactones) is 1. The zero-order valence-corrected chi connectivity index (χ0v) is 38.9.